The first kappa shape index (κ1) is 21.6. The molecule has 0 aromatic heterocycles. The summed E-state index contributed by atoms with van der Waals surface area (Å²) in [5, 5.41) is 0. The third-order valence-corrected chi connectivity index (χ3v) is 5.70. The molecule has 0 saturated carbocycles. The second-order valence-corrected chi connectivity index (χ2v) is 7.83. The van der Waals surface area contributed by atoms with Gasteiger partial charge in [0, 0.05) is 16.7 Å². The van der Waals surface area contributed by atoms with Crippen LogP contribution in [0.25, 0.3) is 17.2 Å². The van der Waals surface area contributed by atoms with Gasteiger partial charge in [-0.1, -0.05) is 62.6 Å². The first-order valence-electron chi connectivity index (χ1n) is 10.6. The Labute approximate surface area is 171 Å². The van der Waals surface area contributed by atoms with Gasteiger partial charge in [-0.05, 0) is 43.7 Å². The lowest BCUT2D eigenvalue weighted by Gasteiger charge is -2.29. The van der Waals surface area contributed by atoms with E-state index in [-0.39, 0.29) is 22.8 Å². The van der Waals surface area contributed by atoms with Crippen LogP contribution in [0.3, 0.4) is 0 Å². The van der Waals surface area contributed by atoms with Crippen molar-refractivity contribution in [3.8, 4) is 11.1 Å². The van der Waals surface area contributed by atoms with Crippen molar-refractivity contribution in [3.63, 3.8) is 0 Å². The molecule has 0 bridgehead atoms. The maximum atomic E-state index is 14.8. The topological polar surface area (TPSA) is 9.23 Å². The summed E-state index contributed by atoms with van der Waals surface area (Å²) in [7, 11) is 0. The molecule has 2 unspecified atom stereocenters. The van der Waals surface area contributed by atoms with Gasteiger partial charge in [-0.15, -0.1) is 0 Å². The molecule has 4 heteroatoms. The highest BCUT2D eigenvalue weighted by atomic mass is 19.2. The summed E-state index contributed by atoms with van der Waals surface area (Å²) in [5.74, 6) is -1.98. The molecule has 1 heterocycles. The minimum atomic E-state index is -1.03. The van der Waals surface area contributed by atoms with E-state index in [4.69, 9.17) is 4.74 Å². The monoisotopic (exact) mass is 402 g/mol. The van der Waals surface area contributed by atoms with Crippen molar-refractivity contribution in [1.29, 1.82) is 0 Å². The van der Waals surface area contributed by atoms with Crippen molar-refractivity contribution in [2.75, 3.05) is 6.61 Å². The van der Waals surface area contributed by atoms with Crippen molar-refractivity contribution < 1.29 is 17.9 Å². The Hall–Kier alpha value is -2.07. The summed E-state index contributed by atoms with van der Waals surface area (Å²) in [6.45, 7) is 4.62. The van der Waals surface area contributed by atoms with Gasteiger partial charge < -0.3 is 4.74 Å². The summed E-state index contributed by atoms with van der Waals surface area (Å²) in [4.78, 5) is 0. The molecule has 2 atom stereocenters. The summed E-state index contributed by atoms with van der Waals surface area (Å²) >= 11 is 0. The molecule has 0 radical (unpaired) electrons. The van der Waals surface area contributed by atoms with E-state index < -0.39 is 17.5 Å². The third-order valence-electron chi connectivity index (χ3n) is 5.70. The zero-order valence-corrected chi connectivity index (χ0v) is 17.2. The lowest BCUT2D eigenvalue weighted by Crippen LogP contribution is -2.20. The van der Waals surface area contributed by atoms with Gasteiger partial charge in [-0.2, -0.15) is 0 Å². The van der Waals surface area contributed by atoms with Crippen molar-refractivity contribution in [2.24, 2.45) is 5.92 Å². The average Bonchev–Trinajstić information content (AvgIpc) is 2.73. The Morgan fingerprint density at radius 1 is 1.00 bits per heavy atom. The largest absolute Gasteiger partial charge is 0.373 e. The van der Waals surface area contributed by atoms with Crippen LogP contribution in [-0.2, 0) is 4.74 Å². The van der Waals surface area contributed by atoms with Gasteiger partial charge in [0.25, 0.3) is 0 Å². The zero-order chi connectivity index (χ0) is 20.8. The van der Waals surface area contributed by atoms with Crippen LogP contribution >= 0.6 is 0 Å². The van der Waals surface area contributed by atoms with Crippen molar-refractivity contribution in [1.82, 2.24) is 0 Å². The van der Waals surface area contributed by atoms with Crippen molar-refractivity contribution in [3.05, 3.63) is 65.0 Å². The zero-order valence-electron chi connectivity index (χ0n) is 17.2. The highest BCUT2D eigenvalue weighted by molar-refractivity contribution is 5.68. The van der Waals surface area contributed by atoms with Gasteiger partial charge in [-0.3, -0.25) is 0 Å². The number of unbranched alkanes of at least 4 members (excludes halogenated alkanes) is 2. The molecule has 1 saturated heterocycles. The molecule has 29 heavy (non-hydrogen) atoms. The lowest BCUT2D eigenvalue weighted by molar-refractivity contribution is -0.0200. The highest BCUT2D eigenvalue weighted by Gasteiger charge is 2.24. The van der Waals surface area contributed by atoms with Gasteiger partial charge in [0.1, 0.15) is 5.82 Å². The Bertz CT molecular complexity index is 851. The molecule has 1 fully saturated rings. The molecule has 1 nitrogen and oxygen atoms in total. The molecule has 0 N–H and O–H groups in total. The van der Waals surface area contributed by atoms with Gasteiger partial charge >= 0.3 is 0 Å². The van der Waals surface area contributed by atoms with Crippen LogP contribution in [0.4, 0.5) is 13.2 Å². The quantitative estimate of drug-likeness (QED) is 0.428. The van der Waals surface area contributed by atoms with E-state index in [0.29, 0.717) is 12.5 Å². The average molecular weight is 403 g/mol. The third kappa shape index (κ3) is 5.11. The summed E-state index contributed by atoms with van der Waals surface area (Å²) in [6.07, 6.45) is 9.78. The summed E-state index contributed by atoms with van der Waals surface area (Å²) in [6, 6.07) is 7.56. The van der Waals surface area contributed by atoms with Gasteiger partial charge in [0.15, 0.2) is 11.6 Å². The Morgan fingerprint density at radius 3 is 2.45 bits per heavy atom. The number of benzene rings is 2. The van der Waals surface area contributed by atoms with Gasteiger partial charge in [0.05, 0.1) is 12.7 Å². The van der Waals surface area contributed by atoms with E-state index in [0.717, 1.165) is 18.4 Å². The Balaban J connectivity index is 1.72. The van der Waals surface area contributed by atoms with Crippen LogP contribution in [0.1, 0.15) is 69.6 Å². The standard InChI is InChI=1S/C25H29F3O/c1-3-5-6-8-17-9-14-23(29-16-17)19-11-12-20(22(26)15-19)21-13-10-18(7-4-2)24(27)25(21)28/h4,7,10-13,15,17,23H,3,5-6,8-9,14,16H2,1-2H3/b7-4+. The normalized spacial score (nSPS) is 19.8. The minimum absolute atomic E-state index is 0.0606. The SMILES string of the molecule is C/C=C/c1ccc(-c2ccc(C3CCC(CCCCC)CO3)cc2F)c(F)c1F. The fraction of sp³-hybridized carbons (Fsp3) is 0.440. The predicted octanol–water partition coefficient (Wildman–Crippen LogP) is 7.85. The molecular formula is C25H29F3O. The summed E-state index contributed by atoms with van der Waals surface area (Å²) < 4.78 is 49.5. The number of hydrogen-bond acceptors (Lipinski definition) is 1. The second kappa shape index (κ2) is 10.1. The molecule has 1 aliphatic heterocycles. The molecule has 0 spiro atoms. The van der Waals surface area contributed by atoms with Crippen LogP contribution in [0.15, 0.2) is 36.4 Å². The fourth-order valence-electron chi connectivity index (χ4n) is 4.01. The number of hydrogen-bond donors (Lipinski definition) is 0. The predicted molar refractivity (Wildman–Crippen MR) is 112 cm³/mol. The number of halogens is 3. The smallest absolute Gasteiger partial charge is 0.167 e. The van der Waals surface area contributed by atoms with Crippen LogP contribution < -0.4 is 0 Å². The molecule has 3 rings (SSSR count). The van der Waals surface area contributed by atoms with Crippen molar-refractivity contribution in [2.45, 2.75) is 58.5 Å². The van der Waals surface area contributed by atoms with E-state index in [1.54, 1.807) is 19.1 Å². The van der Waals surface area contributed by atoms with E-state index in [2.05, 4.69) is 6.92 Å². The molecular weight excluding hydrogens is 373 g/mol. The highest BCUT2D eigenvalue weighted by Crippen LogP contribution is 2.35. The van der Waals surface area contributed by atoms with E-state index in [1.807, 2.05) is 0 Å². The maximum absolute atomic E-state index is 14.8. The molecule has 2 aromatic carbocycles. The second-order valence-electron chi connectivity index (χ2n) is 7.83. The van der Waals surface area contributed by atoms with E-state index in [1.165, 1.54) is 56.0 Å². The first-order chi connectivity index (χ1) is 14.0. The molecule has 1 aliphatic rings. The summed E-state index contributed by atoms with van der Waals surface area (Å²) in [5.41, 5.74) is 0.894. The van der Waals surface area contributed by atoms with Crippen molar-refractivity contribution >= 4 is 6.08 Å². The van der Waals surface area contributed by atoms with Gasteiger partial charge in [-0.25, -0.2) is 13.2 Å². The Kier molecular flexibility index (Phi) is 7.54. The molecule has 0 amide bonds. The molecule has 156 valence electrons. The van der Waals surface area contributed by atoms with Crippen LogP contribution in [0.5, 0.6) is 0 Å². The number of ether oxygens (including phenoxy) is 1. The molecule has 0 aliphatic carbocycles. The maximum Gasteiger partial charge on any atom is 0.167 e. The van der Waals surface area contributed by atoms with Crippen LogP contribution in [-0.4, -0.2) is 6.61 Å². The lowest BCUT2D eigenvalue weighted by atomic mass is 9.90. The minimum Gasteiger partial charge on any atom is -0.373 e. The fourth-order valence-corrected chi connectivity index (χ4v) is 4.01. The van der Waals surface area contributed by atoms with Crippen LogP contribution in [0.2, 0.25) is 0 Å². The number of allylic oxidation sites excluding steroid dienone is 1. The number of rotatable bonds is 7. The van der Waals surface area contributed by atoms with E-state index >= 15 is 0 Å². The van der Waals surface area contributed by atoms with Crippen LogP contribution in [0, 0.1) is 23.4 Å². The molecule has 2 aromatic rings. The Morgan fingerprint density at radius 2 is 1.79 bits per heavy atom. The van der Waals surface area contributed by atoms with Gasteiger partial charge in [0.2, 0.25) is 0 Å². The first-order valence-corrected chi connectivity index (χ1v) is 10.6. The van der Waals surface area contributed by atoms with E-state index in [9.17, 15) is 13.2 Å².